The van der Waals surface area contributed by atoms with Crippen LogP contribution in [0.1, 0.15) is 18.2 Å². The van der Waals surface area contributed by atoms with Gasteiger partial charge in [0, 0.05) is 68.1 Å². The maximum atomic E-state index is 14.4. The first kappa shape index (κ1) is 19.7. The second-order valence-electron chi connectivity index (χ2n) is 8.43. The van der Waals surface area contributed by atoms with Crippen LogP contribution in [0.15, 0.2) is 30.7 Å². The Morgan fingerprint density at radius 1 is 1.26 bits per heavy atom. The smallest absolute Gasteiger partial charge is 0.327 e. The molecule has 0 radical (unpaired) electrons. The van der Waals surface area contributed by atoms with E-state index in [0.717, 1.165) is 37.3 Å². The zero-order chi connectivity index (χ0) is 21.7. The standard InChI is InChI=1S/C22H26FN7O/c1-14-11-29-13-16(10-18(23)21(29)25-14)26-22(31)30-7-5-17-19(4-6-24-20(17)30)28-9-8-27(3)15(2)12-28/h4,6,10-11,13,15H,5,7-9,12H2,1-3H3,(H,26,31)/t15-/m0/s1. The number of aryl methyl sites for hydroxylation is 1. The minimum Gasteiger partial charge on any atom is -0.368 e. The number of fused-ring (bicyclic) bond motifs is 2. The van der Waals surface area contributed by atoms with E-state index in [2.05, 4.69) is 39.1 Å². The molecule has 5 rings (SSSR count). The summed E-state index contributed by atoms with van der Waals surface area (Å²) in [5.74, 6) is 0.207. The summed E-state index contributed by atoms with van der Waals surface area (Å²) in [6.07, 6.45) is 5.91. The molecule has 0 aliphatic carbocycles. The van der Waals surface area contributed by atoms with Gasteiger partial charge in [-0.25, -0.2) is 19.2 Å². The third-order valence-electron chi connectivity index (χ3n) is 6.27. The Bertz CT molecular complexity index is 1160. The molecule has 9 heteroatoms. The van der Waals surface area contributed by atoms with Crippen molar-refractivity contribution in [2.45, 2.75) is 26.3 Å². The van der Waals surface area contributed by atoms with Gasteiger partial charge < -0.3 is 19.5 Å². The van der Waals surface area contributed by atoms with Crippen molar-refractivity contribution in [1.29, 1.82) is 0 Å². The Kier molecular flexibility index (Phi) is 4.77. The van der Waals surface area contributed by atoms with Crippen LogP contribution in [0.2, 0.25) is 0 Å². The molecule has 162 valence electrons. The number of likely N-dealkylation sites (N-methyl/N-ethyl adjacent to an activating group) is 1. The molecule has 1 fully saturated rings. The van der Waals surface area contributed by atoms with E-state index in [0.29, 0.717) is 29.8 Å². The lowest BCUT2D eigenvalue weighted by Crippen LogP contribution is -2.50. The predicted molar refractivity (Wildman–Crippen MR) is 118 cm³/mol. The van der Waals surface area contributed by atoms with Crippen LogP contribution >= 0.6 is 0 Å². The number of aromatic nitrogens is 3. The van der Waals surface area contributed by atoms with Crippen molar-refractivity contribution in [3.8, 4) is 0 Å². The highest BCUT2D eigenvalue weighted by Crippen LogP contribution is 2.35. The lowest BCUT2D eigenvalue weighted by molar-refractivity contribution is 0.234. The Balaban J connectivity index is 1.38. The highest BCUT2D eigenvalue weighted by Gasteiger charge is 2.31. The number of nitrogens with zero attached hydrogens (tertiary/aromatic N) is 6. The number of piperazine rings is 1. The van der Waals surface area contributed by atoms with Crippen LogP contribution in [0, 0.1) is 12.7 Å². The second-order valence-corrected chi connectivity index (χ2v) is 8.43. The summed E-state index contributed by atoms with van der Waals surface area (Å²) in [6, 6.07) is 3.50. The third kappa shape index (κ3) is 3.48. The van der Waals surface area contributed by atoms with E-state index in [1.165, 1.54) is 6.07 Å². The zero-order valence-corrected chi connectivity index (χ0v) is 18.0. The van der Waals surface area contributed by atoms with Crippen LogP contribution in [0.4, 0.5) is 26.4 Å². The fourth-order valence-electron chi connectivity index (χ4n) is 4.47. The molecule has 2 amide bonds. The third-order valence-corrected chi connectivity index (χ3v) is 6.27. The van der Waals surface area contributed by atoms with Crippen LogP contribution < -0.4 is 15.1 Å². The number of anilines is 3. The summed E-state index contributed by atoms with van der Waals surface area (Å²) in [5.41, 5.74) is 3.59. The summed E-state index contributed by atoms with van der Waals surface area (Å²) >= 11 is 0. The van der Waals surface area contributed by atoms with E-state index in [-0.39, 0.29) is 11.7 Å². The van der Waals surface area contributed by atoms with Crippen molar-refractivity contribution in [1.82, 2.24) is 19.3 Å². The van der Waals surface area contributed by atoms with Gasteiger partial charge in [-0.05, 0) is 33.4 Å². The Morgan fingerprint density at radius 2 is 2.10 bits per heavy atom. The lowest BCUT2D eigenvalue weighted by atomic mass is 10.1. The molecule has 5 heterocycles. The van der Waals surface area contributed by atoms with Crippen LogP contribution in [0.25, 0.3) is 5.65 Å². The summed E-state index contributed by atoms with van der Waals surface area (Å²) < 4.78 is 16.0. The molecule has 2 aliphatic heterocycles. The number of carbonyl (C=O) groups is 1. The second kappa shape index (κ2) is 7.49. The Hall–Kier alpha value is -3.20. The minimum atomic E-state index is -0.475. The average molecular weight is 423 g/mol. The first-order valence-corrected chi connectivity index (χ1v) is 10.6. The predicted octanol–water partition coefficient (Wildman–Crippen LogP) is 2.91. The lowest BCUT2D eigenvalue weighted by Gasteiger charge is -2.39. The molecule has 0 aromatic carbocycles. The fourth-order valence-corrected chi connectivity index (χ4v) is 4.47. The molecule has 1 atom stereocenters. The number of carbonyl (C=O) groups excluding carboxylic acids is 1. The normalized spacial score (nSPS) is 19.2. The van der Waals surface area contributed by atoms with Gasteiger partial charge in [0.15, 0.2) is 11.5 Å². The van der Waals surface area contributed by atoms with E-state index in [9.17, 15) is 9.18 Å². The monoisotopic (exact) mass is 423 g/mol. The van der Waals surface area contributed by atoms with E-state index in [1.807, 2.05) is 6.07 Å². The van der Waals surface area contributed by atoms with Gasteiger partial charge in [-0.15, -0.1) is 0 Å². The molecule has 3 aromatic heterocycles. The molecule has 2 aliphatic rings. The number of rotatable bonds is 2. The van der Waals surface area contributed by atoms with Crippen molar-refractivity contribution in [3.05, 3.63) is 47.8 Å². The summed E-state index contributed by atoms with van der Waals surface area (Å²) in [6.45, 7) is 7.48. The van der Waals surface area contributed by atoms with Gasteiger partial charge in [0.05, 0.1) is 11.4 Å². The first-order chi connectivity index (χ1) is 14.9. The number of halogens is 1. The van der Waals surface area contributed by atoms with Crippen LogP contribution in [0.3, 0.4) is 0 Å². The molecular formula is C22H26FN7O. The highest BCUT2D eigenvalue weighted by atomic mass is 19.1. The van der Waals surface area contributed by atoms with Gasteiger partial charge in [-0.3, -0.25) is 4.90 Å². The Morgan fingerprint density at radius 3 is 2.90 bits per heavy atom. The van der Waals surface area contributed by atoms with Crippen molar-refractivity contribution in [2.75, 3.05) is 48.3 Å². The number of nitrogens with one attached hydrogen (secondary N) is 1. The number of pyridine rings is 2. The van der Waals surface area contributed by atoms with E-state index in [1.54, 1.807) is 34.8 Å². The molecule has 0 spiro atoms. The molecule has 8 nitrogen and oxygen atoms in total. The largest absolute Gasteiger partial charge is 0.368 e. The van der Waals surface area contributed by atoms with E-state index >= 15 is 0 Å². The molecule has 1 N–H and O–H groups in total. The molecule has 0 unspecified atom stereocenters. The quantitative estimate of drug-likeness (QED) is 0.687. The summed E-state index contributed by atoms with van der Waals surface area (Å²) in [5, 5.41) is 2.82. The SMILES string of the molecule is Cc1cn2cc(NC(=O)N3CCc4c(N5CCN(C)[C@@H](C)C5)ccnc43)cc(F)c2n1. The van der Waals surface area contributed by atoms with Gasteiger partial charge in [0.1, 0.15) is 5.82 Å². The molecule has 0 saturated carbocycles. The van der Waals surface area contributed by atoms with Gasteiger partial charge >= 0.3 is 6.03 Å². The average Bonchev–Trinajstić information content (AvgIpc) is 3.33. The number of imidazole rings is 1. The molecular weight excluding hydrogens is 397 g/mol. The van der Waals surface area contributed by atoms with Crippen LogP contribution in [-0.2, 0) is 6.42 Å². The van der Waals surface area contributed by atoms with Crippen LogP contribution in [0.5, 0.6) is 0 Å². The maximum Gasteiger partial charge on any atom is 0.327 e. The summed E-state index contributed by atoms with van der Waals surface area (Å²) in [4.78, 5) is 28.1. The summed E-state index contributed by atoms with van der Waals surface area (Å²) in [7, 11) is 2.15. The van der Waals surface area contributed by atoms with Gasteiger partial charge in [0.2, 0.25) is 0 Å². The number of urea groups is 1. The zero-order valence-electron chi connectivity index (χ0n) is 18.0. The molecule has 3 aromatic rings. The first-order valence-electron chi connectivity index (χ1n) is 10.6. The molecule has 31 heavy (non-hydrogen) atoms. The van der Waals surface area contributed by atoms with Crippen molar-refractivity contribution in [2.24, 2.45) is 0 Å². The van der Waals surface area contributed by atoms with Gasteiger partial charge in [-0.2, -0.15) is 0 Å². The van der Waals surface area contributed by atoms with Crippen LogP contribution in [-0.4, -0.2) is 64.6 Å². The van der Waals surface area contributed by atoms with E-state index in [4.69, 9.17) is 0 Å². The topological polar surface area (TPSA) is 69.0 Å². The van der Waals surface area contributed by atoms with Crippen molar-refractivity contribution < 1.29 is 9.18 Å². The number of hydrogen-bond donors (Lipinski definition) is 1. The highest BCUT2D eigenvalue weighted by molar-refractivity contribution is 6.03. The number of hydrogen-bond acceptors (Lipinski definition) is 5. The van der Waals surface area contributed by atoms with Gasteiger partial charge in [-0.1, -0.05) is 0 Å². The fraction of sp³-hybridized carbons (Fsp3) is 0.409. The van der Waals surface area contributed by atoms with Crippen molar-refractivity contribution in [3.63, 3.8) is 0 Å². The maximum absolute atomic E-state index is 14.4. The number of amides is 2. The Labute approximate surface area is 180 Å². The molecule has 0 bridgehead atoms. The minimum absolute atomic E-state index is 0.245. The van der Waals surface area contributed by atoms with Crippen molar-refractivity contribution >= 4 is 28.9 Å². The van der Waals surface area contributed by atoms with E-state index < -0.39 is 5.82 Å². The molecule has 1 saturated heterocycles. The van der Waals surface area contributed by atoms with Gasteiger partial charge in [0.25, 0.3) is 0 Å².